The van der Waals surface area contributed by atoms with Gasteiger partial charge in [0, 0.05) is 11.3 Å². The summed E-state index contributed by atoms with van der Waals surface area (Å²) in [4.78, 5) is 14.8. The fourth-order valence-electron chi connectivity index (χ4n) is 1.42. The van der Waals surface area contributed by atoms with Crippen LogP contribution in [0.5, 0.6) is 0 Å². The highest BCUT2D eigenvalue weighted by Gasteiger charge is 2.07. The zero-order valence-electron chi connectivity index (χ0n) is 7.69. The van der Waals surface area contributed by atoms with E-state index >= 15 is 0 Å². The minimum absolute atomic E-state index is 0.149. The summed E-state index contributed by atoms with van der Waals surface area (Å²) in [6.07, 6.45) is 1.49. The highest BCUT2D eigenvalue weighted by Crippen LogP contribution is 2.10. The van der Waals surface area contributed by atoms with Crippen LogP contribution < -0.4 is 10.6 Å². The maximum absolute atomic E-state index is 11.0. The van der Waals surface area contributed by atoms with Crippen LogP contribution in [0.1, 0.15) is 18.4 Å². The van der Waals surface area contributed by atoms with Crippen LogP contribution in [0.3, 0.4) is 0 Å². The summed E-state index contributed by atoms with van der Waals surface area (Å²) < 4.78 is 0. The SMILES string of the molecule is CC(C#N)c1ccc2c(c1)=CC(=O)N=2. The molecule has 1 unspecified atom stereocenters. The van der Waals surface area contributed by atoms with Gasteiger partial charge < -0.3 is 0 Å². The number of benzene rings is 1. The van der Waals surface area contributed by atoms with Gasteiger partial charge in [-0.2, -0.15) is 5.26 Å². The molecule has 0 saturated carbocycles. The van der Waals surface area contributed by atoms with Crippen LogP contribution in [0, 0.1) is 11.3 Å². The molecule has 1 aromatic carbocycles. The number of nitriles is 1. The third-order valence-electron chi connectivity index (χ3n) is 2.25. The molecule has 68 valence electrons. The molecule has 1 aliphatic rings. The molecule has 1 amide bonds. The van der Waals surface area contributed by atoms with Gasteiger partial charge in [-0.3, -0.25) is 4.79 Å². The molecule has 1 aromatic rings. The molecule has 0 aromatic heterocycles. The third-order valence-corrected chi connectivity index (χ3v) is 2.25. The lowest BCUT2D eigenvalue weighted by atomic mass is 10.0. The minimum atomic E-state index is -0.221. The van der Waals surface area contributed by atoms with Gasteiger partial charge in [0.1, 0.15) is 0 Å². The zero-order valence-corrected chi connectivity index (χ0v) is 7.69. The van der Waals surface area contributed by atoms with E-state index in [1.54, 1.807) is 6.07 Å². The van der Waals surface area contributed by atoms with Crippen LogP contribution in [0.15, 0.2) is 23.2 Å². The topological polar surface area (TPSA) is 53.2 Å². The summed E-state index contributed by atoms with van der Waals surface area (Å²) in [5.41, 5.74) is 0.924. The first-order chi connectivity index (χ1) is 6.70. The monoisotopic (exact) mass is 184 g/mol. The van der Waals surface area contributed by atoms with Gasteiger partial charge in [0.15, 0.2) is 0 Å². The van der Waals surface area contributed by atoms with Gasteiger partial charge in [0.05, 0.1) is 17.3 Å². The minimum Gasteiger partial charge on any atom is -0.267 e. The Hall–Kier alpha value is -1.95. The van der Waals surface area contributed by atoms with Crippen LogP contribution >= 0.6 is 0 Å². The van der Waals surface area contributed by atoms with Crippen LogP contribution in [0.4, 0.5) is 0 Å². The highest BCUT2D eigenvalue weighted by molar-refractivity contribution is 6.06. The highest BCUT2D eigenvalue weighted by atomic mass is 16.1. The maximum Gasteiger partial charge on any atom is 0.270 e. The van der Waals surface area contributed by atoms with Crippen LogP contribution in [-0.4, -0.2) is 5.91 Å². The Bertz CT molecular complexity index is 552. The summed E-state index contributed by atoms with van der Waals surface area (Å²) in [5.74, 6) is -0.369. The first kappa shape index (κ1) is 8.64. The molecule has 0 fully saturated rings. The molecular weight excluding hydrogens is 176 g/mol. The summed E-state index contributed by atoms with van der Waals surface area (Å²) >= 11 is 0. The number of hydrogen-bond donors (Lipinski definition) is 0. The Kier molecular flexibility index (Phi) is 1.90. The maximum atomic E-state index is 11.0. The molecule has 1 heterocycles. The second-order valence-electron chi connectivity index (χ2n) is 3.26. The lowest BCUT2D eigenvalue weighted by Crippen LogP contribution is -2.21. The molecule has 3 heteroatoms. The Labute approximate surface area is 81.0 Å². The van der Waals surface area contributed by atoms with Crippen molar-refractivity contribution < 1.29 is 4.79 Å². The standard InChI is InChI=1S/C11H8N2O/c1-7(6-12)8-2-3-10-9(4-8)5-11(14)13-10/h2-5,7H,1H3. The van der Waals surface area contributed by atoms with Gasteiger partial charge in [-0.25, -0.2) is 4.99 Å². The van der Waals surface area contributed by atoms with Crippen LogP contribution in [0.2, 0.25) is 0 Å². The van der Waals surface area contributed by atoms with Crippen molar-refractivity contribution in [3.05, 3.63) is 34.3 Å². The number of carbonyl (C=O) groups excluding carboxylic acids is 1. The molecule has 14 heavy (non-hydrogen) atoms. The third kappa shape index (κ3) is 1.31. The normalized spacial score (nSPS) is 15.0. The smallest absolute Gasteiger partial charge is 0.267 e. The van der Waals surface area contributed by atoms with Crippen molar-refractivity contribution in [1.82, 2.24) is 0 Å². The average Bonchev–Trinajstić information content (AvgIpc) is 2.55. The Morgan fingerprint density at radius 2 is 2.29 bits per heavy atom. The predicted octanol–water partition coefficient (Wildman–Crippen LogP) is 0.254. The van der Waals surface area contributed by atoms with E-state index in [-0.39, 0.29) is 11.8 Å². The largest absolute Gasteiger partial charge is 0.270 e. The van der Waals surface area contributed by atoms with Gasteiger partial charge in [-0.1, -0.05) is 6.07 Å². The molecule has 0 spiro atoms. The van der Waals surface area contributed by atoms with E-state index in [1.807, 2.05) is 19.1 Å². The molecule has 0 saturated heterocycles. The number of hydrogen-bond acceptors (Lipinski definition) is 2. The zero-order chi connectivity index (χ0) is 10.1. The van der Waals surface area contributed by atoms with E-state index < -0.39 is 0 Å². The van der Waals surface area contributed by atoms with Gasteiger partial charge in [0.2, 0.25) is 0 Å². The predicted molar refractivity (Wildman–Crippen MR) is 50.7 cm³/mol. The molecule has 2 rings (SSSR count). The van der Waals surface area contributed by atoms with Crippen molar-refractivity contribution in [2.45, 2.75) is 12.8 Å². The van der Waals surface area contributed by atoms with Gasteiger partial charge in [0.25, 0.3) is 5.91 Å². The van der Waals surface area contributed by atoms with Crippen molar-refractivity contribution in [2.24, 2.45) is 4.99 Å². The molecule has 0 aliphatic carbocycles. The molecule has 1 atom stereocenters. The Morgan fingerprint density at radius 1 is 1.50 bits per heavy atom. The summed E-state index contributed by atoms with van der Waals surface area (Å²) in [5, 5.41) is 10.3. The lowest BCUT2D eigenvalue weighted by Gasteiger charge is -2.00. The second-order valence-corrected chi connectivity index (χ2v) is 3.26. The molecule has 0 bridgehead atoms. The fourth-order valence-corrected chi connectivity index (χ4v) is 1.42. The van der Waals surface area contributed by atoms with E-state index in [0.717, 1.165) is 10.8 Å². The molecular formula is C11H8N2O. The first-order valence-electron chi connectivity index (χ1n) is 4.35. The summed E-state index contributed by atoms with van der Waals surface area (Å²) in [6.45, 7) is 1.83. The number of carbonyl (C=O) groups is 1. The molecule has 0 N–H and O–H groups in total. The lowest BCUT2D eigenvalue weighted by molar-refractivity contribution is -0.112. The average molecular weight is 184 g/mol. The number of nitrogens with zero attached hydrogens (tertiary/aromatic N) is 2. The van der Waals surface area contributed by atoms with Crippen molar-refractivity contribution in [3.8, 4) is 6.07 Å². The quantitative estimate of drug-likeness (QED) is 0.628. The van der Waals surface area contributed by atoms with Crippen molar-refractivity contribution in [1.29, 1.82) is 5.26 Å². The molecule has 3 nitrogen and oxygen atoms in total. The van der Waals surface area contributed by atoms with Crippen LogP contribution in [-0.2, 0) is 4.79 Å². The summed E-state index contributed by atoms with van der Waals surface area (Å²) in [7, 11) is 0. The number of fused-ring (bicyclic) bond motifs is 1. The van der Waals surface area contributed by atoms with E-state index in [9.17, 15) is 4.79 Å². The number of rotatable bonds is 1. The van der Waals surface area contributed by atoms with Crippen molar-refractivity contribution >= 4 is 12.0 Å². The Morgan fingerprint density at radius 3 is 3.00 bits per heavy atom. The van der Waals surface area contributed by atoms with E-state index in [4.69, 9.17) is 5.26 Å². The van der Waals surface area contributed by atoms with Crippen molar-refractivity contribution in [2.75, 3.05) is 0 Å². The van der Waals surface area contributed by atoms with E-state index in [0.29, 0.717) is 5.36 Å². The van der Waals surface area contributed by atoms with Gasteiger partial charge in [-0.05, 0) is 24.6 Å². The second kappa shape index (κ2) is 3.08. The Balaban J connectivity index is 2.61. The first-order valence-corrected chi connectivity index (χ1v) is 4.35. The molecule has 0 radical (unpaired) electrons. The van der Waals surface area contributed by atoms with Gasteiger partial charge >= 0.3 is 0 Å². The number of amides is 1. The van der Waals surface area contributed by atoms with Gasteiger partial charge in [-0.15, -0.1) is 0 Å². The van der Waals surface area contributed by atoms with Crippen LogP contribution in [0.25, 0.3) is 6.08 Å². The fraction of sp³-hybridized carbons (Fsp3) is 0.182. The van der Waals surface area contributed by atoms with Crippen molar-refractivity contribution in [3.63, 3.8) is 0 Å². The van der Waals surface area contributed by atoms with E-state index in [1.165, 1.54) is 6.08 Å². The van der Waals surface area contributed by atoms with E-state index in [2.05, 4.69) is 11.1 Å². The molecule has 1 aliphatic heterocycles. The summed E-state index contributed by atoms with van der Waals surface area (Å²) in [6, 6.07) is 7.61.